The lowest BCUT2D eigenvalue weighted by atomic mass is 10.1. The first-order valence-electron chi connectivity index (χ1n) is 9.19. The maximum absolute atomic E-state index is 12.6. The molecule has 0 bridgehead atoms. The van der Waals surface area contributed by atoms with Crippen LogP contribution in [0.3, 0.4) is 0 Å². The summed E-state index contributed by atoms with van der Waals surface area (Å²) in [6.07, 6.45) is 6.16. The number of phenolic OH excluding ortho intramolecular Hbond substituents is 2. The summed E-state index contributed by atoms with van der Waals surface area (Å²) in [6.45, 7) is 6.58. The summed E-state index contributed by atoms with van der Waals surface area (Å²) in [5.74, 6) is 0.167. The number of hydrogen-bond donors (Lipinski definition) is 2. The molecular weight excluding hydrogens is 356 g/mol. The van der Waals surface area contributed by atoms with Gasteiger partial charge in [0.2, 0.25) is 5.43 Å². The van der Waals surface area contributed by atoms with Crippen LogP contribution in [0.15, 0.2) is 62.8 Å². The average molecular weight is 380 g/mol. The number of hydrogen-bond acceptors (Lipinski definition) is 5. The molecule has 0 unspecified atom stereocenters. The normalized spacial score (nSPS) is 11.8. The molecule has 146 valence electrons. The van der Waals surface area contributed by atoms with Crippen molar-refractivity contribution in [2.45, 2.75) is 33.6 Å². The highest BCUT2D eigenvalue weighted by Crippen LogP contribution is 2.31. The van der Waals surface area contributed by atoms with Crippen LogP contribution in [0, 0.1) is 0 Å². The zero-order chi connectivity index (χ0) is 20.3. The zero-order valence-corrected chi connectivity index (χ0v) is 16.3. The molecule has 5 heteroatoms. The number of allylic oxidation sites excluding steroid dienone is 3. The monoisotopic (exact) mass is 380 g/mol. The van der Waals surface area contributed by atoms with Crippen molar-refractivity contribution in [3.63, 3.8) is 0 Å². The van der Waals surface area contributed by atoms with E-state index in [1.807, 2.05) is 6.08 Å². The van der Waals surface area contributed by atoms with Crippen LogP contribution in [-0.4, -0.2) is 16.8 Å². The molecule has 1 heterocycles. The van der Waals surface area contributed by atoms with Crippen LogP contribution < -0.4 is 10.2 Å². The summed E-state index contributed by atoms with van der Waals surface area (Å²) in [4.78, 5) is 12.6. The van der Waals surface area contributed by atoms with Gasteiger partial charge in [-0.1, -0.05) is 17.2 Å². The summed E-state index contributed by atoms with van der Waals surface area (Å²) in [5, 5.41) is 20.2. The maximum Gasteiger partial charge on any atom is 0.204 e. The Hall–Kier alpha value is -3.21. The number of ether oxygens (including phenoxy) is 1. The van der Waals surface area contributed by atoms with Crippen LogP contribution in [0.25, 0.3) is 21.9 Å². The van der Waals surface area contributed by atoms with Crippen LogP contribution >= 0.6 is 0 Å². The van der Waals surface area contributed by atoms with Gasteiger partial charge in [-0.15, -0.1) is 0 Å². The lowest BCUT2D eigenvalue weighted by Crippen LogP contribution is -2.03. The van der Waals surface area contributed by atoms with Gasteiger partial charge in [0.05, 0.1) is 5.39 Å². The van der Waals surface area contributed by atoms with Gasteiger partial charge in [0, 0.05) is 12.1 Å². The highest BCUT2D eigenvalue weighted by molar-refractivity contribution is 5.94. The molecule has 2 N–H and O–H groups in total. The lowest BCUT2D eigenvalue weighted by Gasteiger charge is -2.08. The summed E-state index contributed by atoms with van der Waals surface area (Å²) < 4.78 is 11.4. The molecule has 0 radical (unpaired) electrons. The fourth-order valence-electron chi connectivity index (χ4n) is 2.98. The Labute approximate surface area is 163 Å². The molecule has 2 aromatic carbocycles. The Morgan fingerprint density at radius 1 is 1.07 bits per heavy atom. The van der Waals surface area contributed by atoms with E-state index in [0.717, 1.165) is 12.8 Å². The van der Waals surface area contributed by atoms with E-state index >= 15 is 0 Å². The van der Waals surface area contributed by atoms with Crippen LogP contribution in [0.2, 0.25) is 0 Å². The van der Waals surface area contributed by atoms with Gasteiger partial charge in [0.1, 0.15) is 40.4 Å². The van der Waals surface area contributed by atoms with Gasteiger partial charge in [0.15, 0.2) is 0 Å². The van der Waals surface area contributed by atoms with Gasteiger partial charge < -0.3 is 19.4 Å². The second-order valence-electron chi connectivity index (χ2n) is 7.11. The molecule has 28 heavy (non-hydrogen) atoms. The predicted octanol–water partition coefficient (Wildman–Crippen LogP) is 5.43. The van der Waals surface area contributed by atoms with Crippen LogP contribution in [0.5, 0.6) is 17.2 Å². The maximum atomic E-state index is 12.6. The molecule has 1 aromatic heterocycles. The van der Waals surface area contributed by atoms with Gasteiger partial charge in [0.25, 0.3) is 0 Å². The molecule has 0 spiro atoms. The topological polar surface area (TPSA) is 79.9 Å². The SMILES string of the molecule is CC(C)=CCC/C(C)=C/COc1cc(O)c2c(=O)c3cc(O)ccc3oc2c1. The third-order valence-corrected chi connectivity index (χ3v) is 4.48. The molecule has 5 nitrogen and oxygen atoms in total. The van der Waals surface area contributed by atoms with E-state index < -0.39 is 5.43 Å². The van der Waals surface area contributed by atoms with Gasteiger partial charge in [-0.05, 0) is 57.9 Å². The van der Waals surface area contributed by atoms with Gasteiger partial charge >= 0.3 is 0 Å². The molecule has 0 aliphatic heterocycles. The van der Waals surface area contributed by atoms with Crippen LogP contribution in [0.4, 0.5) is 0 Å². The summed E-state index contributed by atoms with van der Waals surface area (Å²) in [7, 11) is 0. The van der Waals surface area contributed by atoms with Crippen LogP contribution in [0.1, 0.15) is 33.6 Å². The minimum absolute atomic E-state index is 0.0367. The molecule has 3 rings (SSSR count). The molecular formula is C23H24O5. The van der Waals surface area contributed by atoms with Crippen molar-refractivity contribution in [2.24, 2.45) is 0 Å². The Bertz CT molecular complexity index is 1130. The lowest BCUT2D eigenvalue weighted by molar-refractivity contribution is 0.358. The Kier molecular flexibility index (Phi) is 5.73. The van der Waals surface area contributed by atoms with Crippen LogP contribution in [-0.2, 0) is 0 Å². The molecule has 0 fully saturated rings. The van der Waals surface area contributed by atoms with Crippen molar-refractivity contribution >= 4 is 21.9 Å². The fourth-order valence-corrected chi connectivity index (χ4v) is 2.98. The van der Waals surface area contributed by atoms with E-state index in [4.69, 9.17) is 9.15 Å². The van der Waals surface area contributed by atoms with Crippen molar-refractivity contribution in [2.75, 3.05) is 6.61 Å². The zero-order valence-electron chi connectivity index (χ0n) is 16.3. The second-order valence-corrected chi connectivity index (χ2v) is 7.11. The first-order chi connectivity index (χ1) is 13.3. The van der Waals surface area contributed by atoms with Crippen molar-refractivity contribution in [3.8, 4) is 17.2 Å². The standard InChI is InChI=1S/C23H24O5/c1-14(2)5-4-6-15(3)9-10-27-17-12-19(25)22-21(13-17)28-20-8-7-16(24)11-18(20)23(22)26/h5,7-9,11-13,24-25H,4,6,10H2,1-3H3/b15-9+. The minimum atomic E-state index is -0.397. The highest BCUT2D eigenvalue weighted by Gasteiger charge is 2.14. The molecule has 0 atom stereocenters. The van der Waals surface area contributed by atoms with Crippen molar-refractivity contribution < 1.29 is 19.4 Å². The van der Waals surface area contributed by atoms with Gasteiger partial charge in [-0.2, -0.15) is 0 Å². The third-order valence-electron chi connectivity index (χ3n) is 4.48. The molecule has 0 saturated heterocycles. The Morgan fingerprint density at radius 2 is 1.86 bits per heavy atom. The number of rotatable bonds is 6. The van der Waals surface area contributed by atoms with E-state index in [9.17, 15) is 15.0 Å². The fraction of sp³-hybridized carbons (Fsp3) is 0.261. The molecule has 0 aliphatic carbocycles. The quantitative estimate of drug-likeness (QED) is 0.440. The Morgan fingerprint density at radius 3 is 2.61 bits per heavy atom. The van der Waals surface area contributed by atoms with E-state index in [1.54, 1.807) is 6.07 Å². The second kappa shape index (κ2) is 8.21. The van der Waals surface area contributed by atoms with E-state index in [1.165, 1.54) is 35.4 Å². The van der Waals surface area contributed by atoms with E-state index in [-0.39, 0.29) is 27.9 Å². The number of aromatic hydroxyl groups is 2. The number of fused-ring (bicyclic) bond motifs is 2. The Balaban J connectivity index is 1.84. The molecule has 0 aliphatic rings. The van der Waals surface area contributed by atoms with E-state index in [2.05, 4.69) is 26.8 Å². The summed E-state index contributed by atoms with van der Waals surface area (Å²) in [5.41, 5.74) is 2.70. The first kappa shape index (κ1) is 19.5. The summed E-state index contributed by atoms with van der Waals surface area (Å²) in [6, 6.07) is 7.29. The van der Waals surface area contributed by atoms with Crippen molar-refractivity contribution in [3.05, 3.63) is 63.9 Å². The number of benzene rings is 2. The van der Waals surface area contributed by atoms with E-state index in [0.29, 0.717) is 17.9 Å². The minimum Gasteiger partial charge on any atom is -0.508 e. The molecule has 0 amide bonds. The number of phenols is 2. The van der Waals surface area contributed by atoms with Crippen molar-refractivity contribution in [1.29, 1.82) is 0 Å². The van der Waals surface area contributed by atoms with Gasteiger partial charge in [-0.3, -0.25) is 4.79 Å². The van der Waals surface area contributed by atoms with Crippen molar-refractivity contribution in [1.82, 2.24) is 0 Å². The predicted molar refractivity (Wildman–Crippen MR) is 111 cm³/mol. The first-order valence-corrected chi connectivity index (χ1v) is 9.19. The third kappa shape index (κ3) is 4.36. The van der Waals surface area contributed by atoms with Gasteiger partial charge in [-0.25, -0.2) is 0 Å². The molecule has 3 aromatic rings. The average Bonchev–Trinajstić information content (AvgIpc) is 2.62. The smallest absolute Gasteiger partial charge is 0.204 e. The summed E-state index contributed by atoms with van der Waals surface area (Å²) >= 11 is 0. The largest absolute Gasteiger partial charge is 0.508 e. The molecule has 0 saturated carbocycles. The highest BCUT2D eigenvalue weighted by atomic mass is 16.5.